The highest BCUT2D eigenvalue weighted by molar-refractivity contribution is 5.87. The van der Waals surface area contributed by atoms with Gasteiger partial charge in [0.2, 0.25) is 0 Å². The molecule has 0 N–H and O–H groups in total. The van der Waals surface area contributed by atoms with Crippen LogP contribution in [0, 0.1) is 0 Å². The quantitative estimate of drug-likeness (QED) is 0.727. The van der Waals surface area contributed by atoms with Gasteiger partial charge in [-0.25, -0.2) is 9.20 Å². The van der Waals surface area contributed by atoms with Gasteiger partial charge in [0.1, 0.15) is 0 Å². The topological polar surface area (TPSA) is 70.7 Å². The molecule has 4 rings (SSSR count). The number of rotatable bonds is 4. The third-order valence-corrected chi connectivity index (χ3v) is 4.08. The fourth-order valence-corrected chi connectivity index (χ4v) is 2.92. The predicted octanol–water partition coefficient (Wildman–Crippen LogP) is 1.96. The van der Waals surface area contributed by atoms with Crippen LogP contribution in [-0.2, 0) is 16.0 Å². The molecule has 3 aromatic heterocycles. The molecule has 0 unspecified atom stereocenters. The van der Waals surface area contributed by atoms with Gasteiger partial charge >= 0.3 is 0 Å². The van der Waals surface area contributed by atoms with Crippen molar-refractivity contribution in [1.82, 2.24) is 19.4 Å². The van der Waals surface area contributed by atoms with Crippen LogP contribution in [-0.4, -0.2) is 38.9 Å². The van der Waals surface area contributed by atoms with E-state index < -0.39 is 6.29 Å². The highest BCUT2D eigenvalue weighted by Crippen LogP contribution is 2.30. The average molecular weight is 338 g/mol. The number of fused-ring (bicyclic) bond motifs is 1. The molecule has 0 aromatic carbocycles. The van der Waals surface area contributed by atoms with E-state index in [1.54, 1.807) is 10.6 Å². The Hall–Kier alpha value is -2.77. The number of hydrogen-bond acceptors (Lipinski definition) is 5. The van der Waals surface area contributed by atoms with Crippen molar-refractivity contribution in [3.05, 3.63) is 59.2 Å². The third-order valence-electron chi connectivity index (χ3n) is 4.08. The van der Waals surface area contributed by atoms with Crippen molar-refractivity contribution in [2.75, 3.05) is 13.2 Å². The largest absolute Gasteiger partial charge is 0.348 e. The molecule has 0 radical (unpaired) electrons. The summed E-state index contributed by atoms with van der Waals surface area (Å²) >= 11 is 0. The van der Waals surface area contributed by atoms with E-state index in [-0.39, 0.29) is 12.1 Å². The smallest absolute Gasteiger partial charge is 0.266 e. The first-order chi connectivity index (χ1) is 12.1. The third kappa shape index (κ3) is 2.88. The molecule has 0 aliphatic carbocycles. The summed E-state index contributed by atoms with van der Waals surface area (Å²) < 4.78 is 14.0. The zero-order chi connectivity index (χ0) is 17.4. The number of ether oxygens (including phenoxy) is 2. The molecule has 1 fully saturated rings. The highest BCUT2D eigenvalue weighted by atomic mass is 16.7. The molecule has 0 spiro atoms. The van der Waals surface area contributed by atoms with Crippen molar-refractivity contribution < 1.29 is 9.47 Å². The summed E-state index contributed by atoms with van der Waals surface area (Å²) in [5.41, 5.74) is 3.83. The number of hydrogen-bond donors (Lipinski definition) is 0. The van der Waals surface area contributed by atoms with Crippen molar-refractivity contribution in [3.63, 3.8) is 0 Å². The Kier molecular flexibility index (Phi) is 3.95. The van der Waals surface area contributed by atoms with Crippen LogP contribution >= 0.6 is 0 Å². The van der Waals surface area contributed by atoms with Gasteiger partial charge in [-0.1, -0.05) is 12.6 Å². The lowest BCUT2D eigenvalue weighted by molar-refractivity contribution is -0.0553. The summed E-state index contributed by atoms with van der Waals surface area (Å²) in [4.78, 5) is 12.2. The van der Waals surface area contributed by atoms with Crippen molar-refractivity contribution in [2.45, 2.75) is 19.8 Å². The van der Waals surface area contributed by atoms with Crippen LogP contribution in [0.1, 0.15) is 12.6 Å². The summed E-state index contributed by atoms with van der Waals surface area (Å²) in [6.07, 6.45) is 1.44. The van der Waals surface area contributed by atoms with E-state index in [0.717, 1.165) is 22.3 Å². The molecule has 128 valence electrons. The molecular formula is C18H18N4O3. The van der Waals surface area contributed by atoms with E-state index in [1.807, 2.05) is 31.3 Å². The molecule has 0 atom stereocenters. The zero-order valence-corrected chi connectivity index (χ0v) is 13.9. The van der Waals surface area contributed by atoms with Gasteiger partial charge < -0.3 is 9.47 Å². The second-order valence-electron chi connectivity index (χ2n) is 5.94. The molecule has 7 heteroatoms. The standard InChI is InChI=1S/C18H18N4O3/c1-12(2)18-17(14-5-3-4-8-21(14)20-18)13-6-7-15(23)22(19-13)11-16-24-9-10-25-16/h3-8,16H,1,9-11H2,2H3. The summed E-state index contributed by atoms with van der Waals surface area (Å²) in [5.74, 6) is 0. The SMILES string of the molecule is C=C(C)c1nn2ccccc2c1-c1ccc(=O)n(CC2OCCO2)n1. The van der Waals surface area contributed by atoms with Gasteiger partial charge in [0.25, 0.3) is 5.56 Å². The van der Waals surface area contributed by atoms with Crippen molar-refractivity contribution in [2.24, 2.45) is 0 Å². The maximum atomic E-state index is 12.2. The van der Waals surface area contributed by atoms with Crippen LogP contribution in [0.2, 0.25) is 0 Å². The Morgan fingerprint density at radius 3 is 2.80 bits per heavy atom. The van der Waals surface area contributed by atoms with Gasteiger partial charge in [0, 0.05) is 12.3 Å². The molecular weight excluding hydrogens is 320 g/mol. The average Bonchev–Trinajstić information content (AvgIpc) is 3.24. The van der Waals surface area contributed by atoms with Gasteiger partial charge in [-0.2, -0.15) is 10.2 Å². The van der Waals surface area contributed by atoms with E-state index >= 15 is 0 Å². The molecule has 1 aliphatic rings. The summed E-state index contributed by atoms with van der Waals surface area (Å²) in [6, 6.07) is 9.04. The van der Waals surface area contributed by atoms with E-state index in [4.69, 9.17) is 9.47 Å². The van der Waals surface area contributed by atoms with Crippen molar-refractivity contribution in [3.8, 4) is 11.3 Å². The van der Waals surface area contributed by atoms with Crippen LogP contribution in [0.3, 0.4) is 0 Å². The highest BCUT2D eigenvalue weighted by Gasteiger charge is 2.20. The van der Waals surface area contributed by atoms with Crippen LogP contribution in [0.15, 0.2) is 47.9 Å². The predicted molar refractivity (Wildman–Crippen MR) is 93.1 cm³/mol. The first kappa shape index (κ1) is 15.7. The molecule has 7 nitrogen and oxygen atoms in total. The monoisotopic (exact) mass is 338 g/mol. The Balaban J connectivity index is 1.84. The molecule has 1 saturated heterocycles. The second kappa shape index (κ2) is 6.27. The van der Waals surface area contributed by atoms with Crippen LogP contribution < -0.4 is 5.56 Å². The molecule has 25 heavy (non-hydrogen) atoms. The first-order valence-electron chi connectivity index (χ1n) is 8.08. The van der Waals surface area contributed by atoms with E-state index in [9.17, 15) is 4.79 Å². The zero-order valence-electron chi connectivity index (χ0n) is 13.9. The summed E-state index contributed by atoms with van der Waals surface area (Å²) in [6.45, 7) is 7.25. The Morgan fingerprint density at radius 1 is 1.24 bits per heavy atom. The van der Waals surface area contributed by atoms with Crippen molar-refractivity contribution in [1.29, 1.82) is 0 Å². The minimum absolute atomic E-state index is 0.198. The lowest BCUT2D eigenvalue weighted by atomic mass is 10.1. The lowest BCUT2D eigenvalue weighted by Gasteiger charge is -2.11. The van der Waals surface area contributed by atoms with Gasteiger partial charge in [-0.15, -0.1) is 0 Å². The first-order valence-corrected chi connectivity index (χ1v) is 8.08. The number of pyridine rings is 1. The summed E-state index contributed by atoms with van der Waals surface area (Å²) in [5, 5.41) is 9.11. The minimum Gasteiger partial charge on any atom is -0.348 e. The van der Waals surface area contributed by atoms with E-state index in [2.05, 4.69) is 16.8 Å². The minimum atomic E-state index is -0.440. The number of aromatic nitrogens is 4. The number of nitrogens with zero attached hydrogens (tertiary/aromatic N) is 4. The van der Waals surface area contributed by atoms with Gasteiger partial charge in [-0.05, 0) is 30.7 Å². The fourth-order valence-electron chi connectivity index (χ4n) is 2.92. The lowest BCUT2D eigenvalue weighted by Crippen LogP contribution is -2.29. The molecule has 1 aliphatic heterocycles. The Morgan fingerprint density at radius 2 is 2.04 bits per heavy atom. The second-order valence-corrected chi connectivity index (χ2v) is 5.94. The maximum absolute atomic E-state index is 12.2. The van der Waals surface area contributed by atoms with Crippen LogP contribution in [0.25, 0.3) is 22.3 Å². The van der Waals surface area contributed by atoms with Gasteiger partial charge in [0.05, 0.1) is 42.2 Å². The molecule has 3 aromatic rings. The van der Waals surface area contributed by atoms with Gasteiger partial charge in [-0.3, -0.25) is 4.79 Å². The van der Waals surface area contributed by atoms with E-state index in [1.165, 1.54) is 10.7 Å². The Bertz CT molecular complexity index is 999. The maximum Gasteiger partial charge on any atom is 0.266 e. The molecule has 0 amide bonds. The Labute approximate surface area is 144 Å². The van der Waals surface area contributed by atoms with Crippen molar-refractivity contribution >= 4 is 11.1 Å². The van der Waals surface area contributed by atoms with Crippen LogP contribution in [0.4, 0.5) is 0 Å². The molecule has 0 bridgehead atoms. The molecule has 0 saturated carbocycles. The fraction of sp³-hybridized carbons (Fsp3) is 0.278. The van der Waals surface area contributed by atoms with Gasteiger partial charge in [0.15, 0.2) is 6.29 Å². The normalized spacial score (nSPS) is 15.1. The number of allylic oxidation sites excluding steroid dienone is 1. The van der Waals surface area contributed by atoms with Crippen LogP contribution in [0.5, 0.6) is 0 Å². The summed E-state index contributed by atoms with van der Waals surface area (Å²) in [7, 11) is 0. The molecule has 4 heterocycles. The van der Waals surface area contributed by atoms with E-state index in [0.29, 0.717) is 18.9 Å².